The summed E-state index contributed by atoms with van der Waals surface area (Å²) in [5.41, 5.74) is 2.39. The number of benzene rings is 2. The maximum Gasteiger partial charge on any atom is 0.260 e. The first-order valence-electron chi connectivity index (χ1n) is 6.68. The Hall–Kier alpha value is -2.30. The molecule has 0 atom stereocenters. The van der Waals surface area contributed by atoms with Crippen molar-refractivity contribution in [1.29, 1.82) is 0 Å². The van der Waals surface area contributed by atoms with Gasteiger partial charge in [-0.15, -0.1) is 0 Å². The fraction of sp³-hybridized carbons (Fsp3) is 0.0625. The molecule has 23 heavy (non-hydrogen) atoms. The van der Waals surface area contributed by atoms with E-state index in [4.69, 9.17) is 6.57 Å². The number of hydrogen-bond donors (Lipinski definition) is 2. The maximum atomic E-state index is 12.6. The molecule has 7 heteroatoms. The Kier molecular flexibility index (Phi) is 3.88. The van der Waals surface area contributed by atoms with Crippen LogP contribution in [0.4, 0.5) is 11.4 Å². The van der Waals surface area contributed by atoms with Gasteiger partial charge in [0.15, 0.2) is 5.69 Å². The highest BCUT2D eigenvalue weighted by molar-refractivity contribution is 9.10. The van der Waals surface area contributed by atoms with Crippen molar-refractivity contribution in [2.75, 3.05) is 4.72 Å². The Morgan fingerprint density at radius 1 is 1.26 bits per heavy atom. The Morgan fingerprint density at radius 2 is 2.04 bits per heavy atom. The molecule has 0 saturated heterocycles. The molecule has 0 radical (unpaired) electrons. The molecule has 0 saturated carbocycles. The third kappa shape index (κ3) is 2.96. The smallest absolute Gasteiger partial charge is 0.260 e. The summed E-state index contributed by atoms with van der Waals surface area (Å²) in [7, 11) is -3.77. The lowest BCUT2D eigenvalue weighted by Crippen LogP contribution is -2.13. The number of sulfonamides is 1. The number of fused-ring (bicyclic) bond motifs is 1. The van der Waals surface area contributed by atoms with Crippen molar-refractivity contribution in [3.8, 4) is 0 Å². The number of H-pyrrole nitrogens is 1. The molecule has 0 aliphatic rings. The van der Waals surface area contributed by atoms with E-state index in [1.54, 1.807) is 24.4 Å². The van der Waals surface area contributed by atoms with Gasteiger partial charge in [-0.05, 0) is 52.7 Å². The van der Waals surface area contributed by atoms with E-state index in [1.165, 1.54) is 12.1 Å². The van der Waals surface area contributed by atoms with E-state index >= 15 is 0 Å². The molecule has 3 aromatic rings. The van der Waals surface area contributed by atoms with Crippen LogP contribution in [0.25, 0.3) is 15.7 Å². The topological polar surface area (TPSA) is 66.3 Å². The van der Waals surface area contributed by atoms with Crippen molar-refractivity contribution in [2.45, 2.75) is 11.8 Å². The minimum absolute atomic E-state index is 0.0614. The Balaban J connectivity index is 2.09. The average molecular weight is 390 g/mol. The van der Waals surface area contributed by atoms with Crippen LogP contribution in [-0.4, -0.2) is 13.4 Å². The van der Waals surface area contributed by atoms with Crippen molar-refractivity contribution in [3.63, 3.8) is 0 Å². The Bertz CT molecular complexity index is 1050. The molecule has 5 nitrogen and oxygen atoms in total. The third-order valence-corrected chi connectivity index (χ3v) is 5.40. The maximum absolute atomic E-state index is 12.6. The largest absolute Gasteiger partial charge is 0.358 e. The van der Waals surface area contributed by atoms with Crippen LogP contribution < -0.4 is 4.72 Å². The molecule has 3 rings (SSSR count). The van der Waals surface area contributed by atoms with Crippen LogP contribution in [0.5, 0.6) is 0 Å². The summed E-state index contributed by atoms with van der Waals surface area (Å²) in [4.78, 5) is 6.38. The summed E-state index contributed by atoms with van der Waals surface area (Å²) >= 11 is 3.44. The van der Waals surface area contributed by atoms with E-state index in [0.717, 1.165) is 15.4 Å². The van der Waals surface area contributed by atoms with E-state index in [0.29, 0.717) is 11.2 Å². The van der Waals surface area contributed by atoms with Crippen molar-refractivity contribution >= 4 is 48.2 Å². The van der Waals surface area contributed by atoms with Gasteiger partial charge in [0.2, 0.25) is 0 Å². The van der Waals surface area contributed by atoms with Gasteiger partial charge in [0.05, 0.1) is 22.7 Å². The monoisotopic (exact) mass is 389 g/mol. The number of nitrogens with zero attached hydrogens (tertiary/aromatic N) is 1. The van der Waals surface area contributed by atoms with Crippen LogP contribution in [0.1, 0.15) is 5.56 Å². The summed E-state index contributed by atoms with van der Waals surface area (Å²) < 4.78 is 28.7. The summed E-state index contributed by atoms with van der Waals surface area (Å²) in [5, 5.41) is 0.901. The van der Waals surface area contributed by atoms with Crippen molar-refractivity contribution in [3.05, 3.63) is 64.0 Å². The van der Waals surface area contributed by atoms with Crippen molar-refractivity contribution in [2.24, 2.45) is 0 Å². The second-order valence-corrected chi connectivity index (χ2v) is 7.62. The normalized spacial score (nSPS) is 11.3. The van der Waals surface area contributed by atoms with Gasteiger partial charge in [0, 0.05) is 16.1 Å². The zero-order valence-corrected chi connectivity index (χ0v) is 14.5. The highest BCUT2D eigenvalue weighted by Gasteiger charge is 2.17. The molecule has 2 aromatic carbocycles. The second-order valence-electron chi connectivity index (χ2n) is 5.09. The number of aromatic nitrogens is 1. The van der Waals surface area contributed by atoms with Crippen LogP contribution in [0.2, 0.25) is 0 Å². The molecule has 2 N–H and O–H groups in total. The number of aromatic amines is 1. The highest BCUT2D eigenvalue weighted by Crippen LogP contribution is 2.32. The van der Waals surface area contributed by atoms with Gasteiger partial charge in [0.25, 0.3) is 10.0 Å². The zero-order chi connectivity index (χ0) is 16.6. The SMILES string of the molecule is [C-]#[N+]c1cccc(S(=O)(=O)Nc2cc(C)cc3c(Br)c[nH]c23)c1. The molecular formula is C16H12BrN3O2S. The molecular weight excluding hydrogens is 378 g/mol. The van der Waals surface area contributed by atoms with Crippen LogP contribution in [-0.2, 0) is 10.0 Å². The van der Waals surface area contributed by atoms with Crippen molar-refractivity contribution in [1.82, 2.24) is 4.98 Å². The van der Waals surface area contributed by atoms with Crippen molar-refractivity contribution < 1.29 is 8.42 Å². The third-order valence-electron chi connectivity index (χ3n) is 3.38. The van der Waals surface area contributed by atoms with Crippen LogP contribution in [0.15, 0.2) is 52.0 Å². The van der Waals surface area contributed by atoms with Gasteiger partial charge in [-0.25, -0.2) is 13.3 Å². The van der Waals surface area contributed by atoms with Crippen LogP contribution in [0, 0.1) is 13.5 Å². The summed E-state index contributed by atoms with van der Waals surface area (Å²) in [6.45, 7) is 8.90. The molecule has 1 heterocycles. The fourth-order valence-corrected chi connectivity index (χ4v) is 3.88. The first-order chi connectivity index (χ1) is 10.9. The quantitative estimate of drug-likeness (QED) is 0.643. The Morgan fingerprint density at radius 3 is 2.78 bits per heavy atom. The molecule has 0 fully saturated rings. The first kappa shape index (κ1) is 15.6. The number of hydrogen-bond acceptors (Lipinski definition) is 2. The fourth-order valence-electron chi connectivity index (χ4n) is 2.35. The minimum atomic E-state index is -3.77. The first-order valence-corrected chi connectivity index (χ1v) is 8.96. The Labute approximate surface area is 142 Å². The van der Waals surface area contributed by atoms with E-state index in [9.17, 15) is 8.42 Å². The predicted molar refractivity (Wildman–Crippen MR) is 94.2 cm³/mol. The molecule has 0 aliphatic carbocycles. The van der Waals surface area contributed by atoms with Gasteiger partial charge in [0.1, 0.15) is 0 Å². The van der Waals surface area contributed by atoms with E-state index in [1.807, 2.05) is 13.0 Å². The molecule has 1 aromatic heterocycles. The average Bonchev–Trinajstić information content (AvgIpc) is 2.88. The number of aryl methyl sites for hydroxylation is 1. The molecule has 116 valence electrons. The molecule has 0 aliphatic heterocycles. The lowest BCUT2D eigenvalue weighted by atomic mass is 10.1. The lowest BCUT2D eigenvalue weighted by Gasteiger charge is -2.10. The van der Waals surface area contributed by atoms with Gasteiger partial charge >= 0.3 is 0 Å². The summed E-state index contributed by atoms with van der Waals surface area (Å²) in [5.74, 6) is 0. The number of anilines is 1. The van der Waals surface area contributed by atoms with Gasteiger partial charge in [-0.1, -0.05) is 12.1 Å². The van der Waals surface area contributed by atoms with E-state index in [2.05, 4.69) is 30.5 Å². The van der Waals surface area contributed by atoms with Gasteiger partial charge in [-0.2, -0.15) is 0 Å². The minimum Gasteiger partial charge on any atom is -0.358 e. The standard InChI is InChI=1S/C16H12BrN3O2S/c1-10-6-13-14(17)9-19-16(13)15(7-10)20-23(21,22)12-5-3-4-11(8-12)18-2/h3-9,19-20H,1H3. The number of halogens is 1. The summed E-state index contributed by atoms with van der Waals surface area (Å²) in [6.07, 6.45) is 1.77. The van der Waals surface area contributed by atoms with E-state index in [-0.39, 0.29) is 10.6 Å². The summed E-state index contributed by atoms with van der Waals surface area (Å²) in [6, 6.07) is 9.68. The highest BCUT2D eigenvalue weighted by atomic mass is 79.9. The number of nitrogens with one attached hydrogen (secondary N) is 2. The zero-order valence-electron chi connectivity index (χ0n) is 12.1. The second kappa shape index (κ2) is 5.72. The van der Waals surface area contributed by atoms with Crippen LogP contribution >= 0.6 is 15.9 Å². The van der Waals surface area contributed by atoms with Gasteiger partial charge < -0.3 is 4.98 Å². The van der Waals surface area contributed by atoms with E-state index < -0.39 is 10.0 Å². The molecule has 0 bridgehead atoms. The van der Waals surface area contributed by atoms with Crippen LogP contribution in [0.3, 0.4) is 0 Å². The molecule has 0 unspecified atom stereocenters. The number of rotatable bonds is 3. The lowest BCUT2D eigenvalue weighted by molar-refractivity contribution is 0.601. The van der Waals surface area contributed by atoms with Gasteiger partial charge in [-0.3, -0.25) is 4.72 Å². The molecule has 0 amide bonds. The molecule has 0 spiro atoms. The predicted octanol–water partition coefficient (Wildman–Crippen LogP) is 4.59.